The number of amides is 2. The average molecular weight is 478 g/mol. The molecule has 1 fully saturated rings. The van der Waals surface area contributed by atoms with Crippen molar-refractivity contribution >= 4 is 22.0 Å². The number of hydrogen-bond donors (Lipinski definition) is 3. The minimum atomic E-state index is -4.07. The fourth-order valence-electron chi connectivity index (χ4n) is 4.07. The van der Waals surface area contributed by atoms with Crippen molar-refractivity contribution in [2.45, 2.75) is 23.8 Å². The van der Waals surface area contributed by atoms with E-state index in [1.54, 1.807) is 24.7 Å². The minimum absolute atomic E-state index is 0.000901. The average Bonchev–Trinajstić information content (AvgIpc) is 2.84. The number of carbonyl (C=O) groups is 2. The Hall–Kier alpha value is -3.15. The first-order valence-corrected chi connectivity index (χ1v) is 11.8. The quantitative estimate of drug-likeness (QED) is 0.411. The number of carboxylic acid groups (broad SMARTS) is 1. The van der Waals surface area contributed by atoms with Crippen LogP contribution in [-0.4, -0.2) is 73.2 Å². The molecule has 0 aliphatic carbocycles. The molecule has 0 bridgehead atoms. The van der Waals surface area contributed by atoms with Crippen molar-refractivity contribution < 1.29 is 33.1 Å². The van der Waals surface area contributed by atoms with E-state index in [0.29, 0.717) is 18.6 Å². The highest BCUT2D eigenvalue weighted by molar-refractivity contribution is 7.89. The molecule has 3 N–H and O–H groups in total. The van der Waals surface area contributed by atoms with Crippen LogP contribution < -0.4 is 10.2 Å². The van der Waals surface area contributed by atoms with Crippen molar-refractivity contribution in [1.82, 2.24) is 14.7 Å². The van der Waals surface area contributed by atoms with E-state index in [1.807, 2.05) is 24.3 Å². The molecular weight excluding hydrogens is 450 g/mol. The summed E-state index contributed by atoms with van der Waals surface area (Å²) in [5.41, 5.74) is 3.25. The Kier molecular flexibility index (Phi) is 7.57. The van der Waals surface area contributed by atoms with E-state index in [0.717, 1.165) is 15.4 Å². The molecule has 1 atom stereocenters. The van der Waals surface area contributed by atoms with Gasteiger partial charge in [-0.2, -0.15) is 4.31 Å². The third-order valence-electron chi connectivity index (χ3n) is 5.98. The number of ether oxygens (including phenoxy) is 1. The summed E-state index contributed by atoms with van der Waals surface area (Å²) in [4.78, 5) is 24.8. The molecule has 2 aromatic carbocycles. The lowest BCUT2D eigenvalue weighted by Crippen LogP contribution is -2.53. The molecule has 0 radical (unpaired) electrons. The van der Waals surface area contributed by atoms with Crippen LogP contribution in [0.5, 0.6) is 5.75 Å². The number of nitrogens with one attached hydrogen (secondary N) is 1. The molecule has 2 amide bonds. The highest BCUT2D eigenvalue weighted by Gasteiger charge is 2.40. The van der Waals surface area contributed by atoms with Crippen molar-refractivity contribution in [2.75, 3.05) is 27.2 Å². The van der Waals surface area contributed by atoms with E-state index in [-0.39, 0.29) is 18.0 Å². The van der Waals surface area contributed by atoms with Gasteiger partial charge in [0.05, 0.1) is 12.0 Å². The Morgan fingerprint density at radius 1 is 1.06 bits per heavy atom. The number of sulfonamides is 1. The molecule has 11 heteroatoms. The first-order valence-electron chi connectivity index (χ1n) is 10.3. The molecule has 10 nitrogen and oxygen atoms in total. The van der Waals surface area contributed by atoms with Crippen LogP contribution in [-0.2, 0) is 14.8 Å². The number of likely N-dealkylation sites (tertiary alicyclic amines) is 1. The topological polar surface area (TPSA) is 136 Å². The number of benzene rings is 2. The molecule has 0 spiro atoms. The molecule has 1 aliphatic heterocycles. The Labute approximate surface area is 192 Å². The van der Waals surface area contributed by atoms with E-state index in [2.05, 4.69) is 0 Å². The predicted octanol–water partition coefficient (Wildman–Crippen LogP) is 2.25. The zero-order chi connectivity index (χ0) is 24.2. The zero-order valence-corrected chi connectivity index (χ0v) is 19.2. The van der Waals surface area contributed by atoms with E-state index < -0.39 is 34.0 Å². The van der Waals surface area contributed by atoms with E-state index in [9.17, 15) is 23.2 Å². The Bertz CT molecular complexity index is 1080. The number of carbonyl (C=O) groups excluding carboxylic acids is 1. The molecule has 0 aromatic heterocycles. The summed E-state index contributed by atoms with van der Waals surface area (Å²) >= 11 is 0. The summed E-state index contributed by atoms with van der Waals surface area (Å²) < 4.78 is 32.7. The van der Waals surface area contributed by atoms with Gasteiger partial charge in [-0.3, -0.25) is 10.0 Å². The molecule has 1 aliphatic rings. The monoisotopic (exact) mass is 477 g/mol. The van der Waals surface area contributed by atoms with Crippen molar-refractivity contribution in [3.63, 3.8) is 0 Å². The van der Waals surface area contributed by atoms with Gasteiger partial charge in [0.15, 0.2) is 0 Å². The zero-order valence-electron chi connectivity index (χ0n) is 18.3. The summed E-state index contributed by atoms with van der Waals surface area (Å²) in [6.45, 7) is 0.360. The number of hydrogen-bond acceptors (Lipinski definition) is 6. The SMILES string of the molecule is COc1ccc(-c2ccc(S(=O)(=O)N(C)C(C(=O)NO)C3CCN(C(=O)O)CC3)cc2)cc1. The van der Waals surface area contributed by atoms with Gasteiger partial charge in [0.1, 0.15) is 11.8 Å². The number of piperidine rings is 1. The summed E-state index contributed by atoms with van der Waals surface area (Å²) in [6, 6.07) is 12.4. The third-order valence-corrected chi connectivity index (χ3v) is 7.84. The predicted molar refractivity (Wildman–Crippen MR) is 119 cm³/mol. The molecule has 1 unspecified atom stereocenters. The lowest BCUT2D eigenvalue weighted by Gasteiger charge is -2.37. The van der Waals surface area contributed by atoms with Crippen molar-refractivity contribution in [1.29, 1.82) is 0 Å². The largest absolute Gasteiger partial charge is 0.497 e. The van der Waals surface area contributed by atoms with Gasteiger partial charge < -0.3 is 14.7 Å². The number of nitrogens with zero attached hydrogens (tertiary/aromatic N) is 2. The number of methoxy groups -OCH3 is 1. The van der Waals surface area contributed by atoms with Gasteiger partial charge in [0, 0.05) is 20.1 Å². The fourth-order valence-corrected chi connectivity index (χ4v) is 5.45. The van der Waals surface area contributed by atoms with Gasteiger partial charge >= 0.3 is 6.09 Å². The number of likely N-dealkylation sites (N-methyl/N-ethyl adjacent to an activating group) is 1. The summed E-state index contributed by atoms with van der Waals surface area (Å²) in [7, 11) is -1.21. The van der Waals surface area contributed by atoms with Gasteiger partial charge in [0.2, 0.25) is 10.0 Å². The van der Waals surface area contributed by atoms with Crippen LogP contribution in [0.15, 0.2) is 53.4 Å². The van der Waals surface area contributed by atoms with Gasteiger partial charge in [-0.25, -0.2) is 18.7 Å². The first kappa shape index (κ1) is 24.5. The van der Waals surface area contributed by atoms with Crippen molar-refractivity contribution in [2.24, 2.45) is 5.92 Å². The van der Waals surface area contributed by atoms with Crippen LogP contribution in [0.4, 0.5) is 4.79 Å². The van der Waals surface area contributed by atoms with Crippen molar-refractivity contribution in [3.8, 4) is 16.9 Å². The Morgan fingerprint density at radius 3 is 2.03 bits per heavy atom. The molecule has 3 rings (SSSR count). The second kappa shape index (κ2) is 10.2. The standard InChI is InChI=1S/C22H27N3O7S/c1-24(20(21(26)23-29)17-11-13-25(14-12-17)22(27)28)33(30,31)19-9-5-16(6-10-19)15-3-7-18(32-2)8-4-15/h3-10,17,20,29H,11-14H2,1-2H3,(H,23,26)(H,27,28). The van der Waals surface area contributed by atoms with Crippen LogP contribution in [0.2, 0.25) is 0 Å². The third kappa shape index (κ3) is 5.27. The Balaban J connectivity index is 1.82. The fraction of sp³-hybridized carbons (Fsp3) is 0.364. The summed E-state index contributed by atoms with van der Waals surface area (Å²) in [5.74, 6) is -0.599. The van der Waals surface area contributed by atoms with Crippen LogP contribution >= 0.6 is 0 Å². The second-order valence-electron chi connectivity index (χ2n) is 7.80. The Morgan fingerprint density at radius 2 is 1.58 bits per heavy atom. The lowest BCUT2D eigenvalue weighted by molar-refractivity contribution is -0.135. The van der Waals surface area contributed by atoms with Crippen LogP contribution in [0.3, 0.4) is 0 Å². The van der Waals surface area contributed by atoms with Gasteiger partial charge in [0.25, 0.3) is 5.91 Å². The summed E-state index contributed by atoms with van der Waals surface area (Å²) in [6.07, 6.45) is -0.476. The number of hydroxylamine groups is 1. The maximum absolute atomic E-state index is 13.3. The molecule has 178 valence electrons. The molecule has 2 aromatic rings. The maximum atomic E-state index is 13.3. The molecule has 0 saturated carbocycles. The van der Waals surface area contributed by atoms with Crippen LogP contribution in [0.25, 0.3) is 11.1 Å². The smallest absolute Gasteiger partial charge is 0.407 e. The number of rotatable bonds is 7. The van der Waals surface area contributed by atoms with Crippen LogP contribution in [0, 0.1) is 5.92 Å². The van der Waals surface area contributed by atoms with E-state index in [1.165, 1.54) is 24.1 Å². The molecular formula is C22H27N3O7S. The van der Waals surface area contributed by atoms with Gasteiger partial charge in [-0.15, -0.1) is 0 Å². The van der Waals surface area contributed by atoms with Gasteiger partial charge in [-0.1, -0.05) is 24.3 Å². The van der Waals surface area contributed by atoms with Crippen molar-refractivity contribution in [3.05, 3.63) is 48.5 Å². The normalized spacial score (nSPS) is 15.8. The highest BCUT2D eigenvalue weighted by Crippen LogP contribution is 2.29. The lowest BCUT2D eigenvalue weighted by atomic mass is 9.89. The molecule has 1 heterocycles. The van der Waals surface area contributed by atoms with E-state index in [4.69, 9.17) is 9.84 Å². The first-order chi connectivity index (χ1) is 15.7. The second-order valence-corrected chi connectivity index (χ2v) is 9.80. The molecule has 33 heavy (non-hydrogen) atoms. The molecule has 1 saturated heterocycles. The summed E-state index contributed by atoms with van der Waals surface area (Å²) in [5, 5.41) is 18.4. The van der Waals surface area contributed by atoms with Gasteiger partial charge in [-0.05, 0) is 54.2 Å². The maximum Gasteiger partial charge on any atom is 0.407 e. The highest BCUT2D eigenvalue weighted by atomic mass is 32.2. The van der Waals surface area contributed by atoms with Crippen LogP contribution in [0.1, 0.15) is 12.8 Å². The minimum Gasteiger partial charge on any atom is -0.497 e. The van der Waals surface area contributed by atoms with E-state index >= 15 is 0 Å².